The number of amides is 1. The van der Waals surface area contributed by atoms with E-state index in [0.29, 0.717) is 22.2 Å². The molecule has 0 aliphatic heterocycles. The van der Waals surface area contributed by atoms with Crippen molar-refractivity contribution in [2.75, 3.05) is 13.7 Å². The van der Waals surface area contributed by atoms with Gasteiger partial charge in [0.25, 0.3) is 5.91 Å². The minimum atomic E-state index is -0.148. The Morgan fingerprint density at radius 3 is 2.57 bits per heavy atom. The quantitative estimate of drug-likeness (QED) is 0.864. The molecular weight excluding hydrogens is 333 g/mol. The molecule has 1 fully saturated rings. The third-order valence-electron chi connectivity index (χ3n) is 4.30. The fourth-order valence-electron chi connectivity index (χ4n) is 2.76. The lowest BCUT2D eigenvalue weighted by Gasteiger charge is -2.19. The van der Waals surface area contributed by atoms with E-state index in [0.717, 1.165) is 24.2 Å². The van der Waals surface area contributed by atoms with Gasteiger partial charge < -0.3 is 10.1 Å². The molecule has 1 aliphatic rings. The molecule has 3 rings (SSSR count). The number of nitrogens with one attached hydrogen (secondary N) is 1. The molecule has 2 aromatic carbocycles. The van der Waals surface area contributed by atoms with E-state index in [1.54, 1.807) is 25.3 Å². The number of methoxy groups -OCH3 is 1. The summed E-state index contributed by atoms with van der Waals surface area (Å²) in [4.78, 5) is 12.3. The van der Waals surface area contributed by atoms with E-state index in [2.05, 4.69) is 11.4 Å². The summed E-state index contributed by atoms with van der Waals surface area (Å²) in [6.45, 7) is 0.576. The van der Waals surface area contributed by atoms with Crippen LogP contribution in [-0.4, -0.2) is 19.6 Å². The topological polar surface area (TPSA) is 38.3 Å². The predicted molar refractivity (Wildman–Crippen MR) is 92.7 cm³/mol. The van der Waals surface area contributed by atoms with Crippen LogP contribution in [-0.2, 0) is 5.41 Å². The molecule has 0 unspecified atom stereocenters. The van der Waals surface area contributed by atoms with Crippen LogP contribution < -0.4 is 10.1 Å². The molecule has 23 heavy (non-hydrogen) atoms. The van der Waals surface area contributed by atoms with Crippen LogP contribution in [0.4, 0.5) is 0 Å². The standard InChI is InChI=1S/C18H17Cl2NO2/c1-23-16-5-3-2-4-13(16)18(8-9-18)11-21-17(22)12-6-7-14(19)15(20)10-12/h2-7,10H,8-9,11H2,1H3,(H,21,22). The number of carbonyl (C=O) groups is 1. The number of para-hydroxylation sites is 1. The SMILES string of the molecule is COc1ccccc1C1(CNC(=O)c2ccc(Cl)c(Cl)c2)CC1. The molecule has 1 amide bonds. The Morgan fingerprint density at radius 2 is 1.91 bits per heavy atom. The van der Waals surface area contributed by atoms with Crippen molar-refractivity contribution in [3.05, 3.63) is 63.6 Å². The summed E-state index contributed by atoms with van der Waals surface area (Å²) < 4.78 is 5.45. The highest BCUT2D eigenvalue weighted by atomic mass is 35.5. The Balaban J connectivity index is 1.72. The molecule has 2 aromatic rings. The summed E-state index contributed by atoms with van der Waals surface area (Å²) in [5.41, 5.74) is 1.63. The van der Waals surface area contributed by atoms with Crippen LogP contribution in [0.1, 0.15) is 28.8 Å². The lowest BCUT2D eigenvalue weighted by atomic mass is 9.94. The second-order valence-corrected chi connectivity index (χ2v) is 6.61. The maximum atomic E-state index is 12.3. The van der Waals surface area contributed by atoms with Crippen molar-refractivity contribution in [1.29, 1.82) is 0 Å². The van der Waals surface area contributed by atoms with E-state index in [1.807, 2.05) is 18.2 Å². The van der Waals surface area contributed by atoms with Crippen LogP contribution in [0.2, 0.25) is 10.0 Å². The van der Waals surface area contributed by atoms with Crippen molar-refractivity contribution in [3.63, 3.8) is 0 Å². The van der Waals surface area contributed by atoms with Gasteiger partial charge in [0.1, 0.15) is 5.75 Å². The Hall–Kier alpha value is -1.71. The number of rotatable bonds is 5. The lowest BCUT2D eigenvalue weighted by Crippen LogP contribution is -2.32. The van der Waals surface area contributed by atoms with Crippen LogP contribution in [0.25, 0.3) is 0 Å². The fourth-order valence-corrected chi connectivity index (χ4v) is 3.06. The van der Waals surface area contributed by atoms with E-state index in [4.69, 9.17) is 27.9 Å². The lowest BCUT2D eigenvalue weighted by molar-refractivity contribution is 0.0949. The summed E-state index contributed by atoms with van der Waals surface area (Å²) in [5.74, 6) is 0.721. The van der Waals surface area contributed by atoms with E-state index in [9.17, 15) is 4.79 Å². The number of carbonyl (C=O) groups excluding carboxylic acids is 1. The van der Waals surface area contributed by atoms with Crippen LogP contribution in [0, 0.1) is 0 Å². The second-order valence-electron chi connectivity index (χ2n) is 5.79. The number of hydrogen-bond acceptors (Lipinski definition) is 2. The molecule has 120 valence electrons. The molecule has 3 nitrogen and oxygen atoms in total. The van der Waals surface area contributed by atoms with Gasteiger partial charge in [0.2, 0.25) is 0 Å². The first-order valence-electron chi connectivity index (χ1n) is 7.42. The summed E-state index contributed by atoms with van der Waals surface area (Å²) >= 11 is 11.8. The molecule has 0 saturated heterocycles. The Morgan fingerprint density at radius 1 is 1.17 bits per heavy atom. The first-order chi connectivity index (χ1) is 11.1. The van der Waals surface area contributed by atoms with Crippen molar-refractivity contribution < 1.29 is 9.53 Å². The maximum absolute atomic E-state index is 12.3. The van der Waals surface area contributed by atoms with E-state index in [1.165, 1.54) is 0 Å². The van der Waals surface area contributed by atoms with Crippen molar-refractivity contribution in [3.8, 4) is 5.75 Å². The summed E-state index contributed by atoms with van der Waals surface area (Å²) in [6.07, 6.45) is 2.07. The highest BCUT2D eigenvalue weighted by Crippen LogP contribution is 2.50. The molecule has 0 atom stereocenters. The van der Waals surface area contributed by atoms with Crippen LogP contribution in [0.15, 0.2) is 42.5 Å². The number of benzene rings is 2. The highest BCUT2D eigenvalue weighted by molar-refractivity contribution is 6.42. The van der Waals surface area contributed by atoms with Gasteiger partial charge in [-0.05, 0) is 37.1 Å². The monoisotopic (exact) mass is 349 g/mol. The van der Waals surface area contributed by atoms with Gasteiger partial charge in [-0.25, -0.2) is 0 Å². The highest BCUT2D eigenvalue weighted by Gasteiger charge is 2.46. The Labute approximate surface area is 145 Å². The number of halogens is 2. The zero-order valence-electron chi connectivity index (χ0n) is 12.7. The van der Waals surface area contributed by atoms with Crippen molar-refractivity contribution in [1.82, 2.24) is 5.32 Å². The molecule has 0 heterocycles. The summed E-state index contributed by atoms with van der Waals surface area (Å²) in [7, 11) is 1.67. The number of ether oxygens (including phenoxy) is 1. The van der Waals surface area contributed by atoms with Crippen LogP contribution >= 0.6 is 23.2 Å². The van der Waals surface area contributed by atoms with E-state index < -0.39 is 0 Å². The third kappa shape index (κ3) is 3.31. The molecule has 1 saturated carbocycles. The minimum absolute atomic E-state index is 0.0293. The summed E-state index contributed by atoms with van der Waals surface area (Å²) in [6, 6.07) is 12.9. The van der Waals surface area contributed by atoms with Gasteiger partial charge in [-0.15, -0.1) is 0 Å². The second kappa shape index (κ2) is 6.42. The molecule has 0 bridgehead atoms. The van der Waals surface area contributed by atoms with E-state index >= 15 is 0 Å². The van der Waals surface area contributed by atoms with Crippen molar-refractivity contribution >= 4 is 29.1 Å². The first-order valence-corrected chi connectivity index (χ1v) is 8.18. The third-order valence-corrected chi connectivity index (χ3v) is 5.04. The largest absolute Gasteiger partial charge is 0.496 e. The zero-order valence-corrected chi connectivity index (χ0v) is 14.2. The summed E-state index contributed by atoms with van der Waals surface area (Å²) in [5, 5.41) is 3.82. The average molecular weight is 350 g/mol. The van der Waals surface area contributed by atoms with Gasteiger partial charge in [0.05, 0.1) is 17.2 Å². The van der Waals surface area contributed by atoms with Gasteiger partial charge in [-0.1, -0.05) is 41.4 Å². The Kier molecular flexibility index (Phi) is 4.51. The molecule has 0 aromatic heterocycles. The maximum Gasteiger partial charge on any atom is 0.251 e. The van der Waals surface area contributed by atoms with Gasteiger partial charge in [0.15, 0.2) is 0 Å². The molecule has 0 spiro atoms. The molecular formula is C18H17Cl2NO2. The molecule has 0 radical (unpaired) electrons. The average Bonchev–Trinajstić information content (AvgIpc) is 3.36. The Bertz CT molecular complexity index is 742. The molecule has 1 N–H and O–H groups in total. The smallest absolute Gasteiger partial charge is 0.251 e. The van der Waals surface area contributed by atoms with Crippen molar-refractivity contribution in [2.45, 2.75) is 18.3 Å². The first kappa shape index (κ1) is 16.2. The fraction of sp³-hybridized carbons (Fsp3) is 0.278. The van der Waals surface area contributed by atoms with Crippen LogP contribution in [0.5, 0.6) is 5.75 Å². The van der Waals surface area contributed by atoms with Crippen LogP contribution in [0.3, 0.4) is 0 Å². The predicted octanol–water partition coefficient (Wildman–Crippen LogP) is 4.46. The molecule has 1 aliphatic carbocycles. The van der Waals surface area contributed by atoms with E-state index in [-0.39, 0.29) is 11.3 Å². The zero-order chi connectivity index (χ0) is 16.4. The molecule has 5 heteroatoms. The van der Waals surface area contributed by atoms with Gasteiger partial charge in [-0.3, -0.25) is 4.79 Å². The van der Waals surface area contributed by atoms with Gasteiger partial charge in [0, 0.05) is 23.1 Å². The number of hydrogen-bond donors (Lipinski definition) is 1. The van der Waals surface area contributed by atoms with Gasteiger partial charge in [-0.2, -0.15) is 0 Å². The van der Waals surface area contributed by atoms with Crippen molar-refractivity contribution in [2.24, 2.45) is 0 Å². The normalized spacial score (nSPS) is 15.1. The minimum Gasteiger partial charge on any atom is -0.496 e. The van der Waals surface area contributed by atoms with Gasteiger partial charge >= 0.3 is 0 Å².